The molecule has 4 nitrogen and oxygen atoms in total. The molecule has 1 amide bonds. The first-order valence-electron chi connectivity index (χ1n) is 7.35. The number of nitrogens with one attached hydrogen (secondary N) is 2. The Hall–Kier alpha value is -0.610. The molecule has 4 heteroatoms. The quantitative estimate of drug-likeness (QED) is 0.717. The first-order valence-corrected chi connectivity index (χ1v) is 7.35. The normalized spacial score (nSPS) is 40.6. The Kier molecular flexibility index (Phi) is 3.10. The average molecular weight is 251 g/mol. The molecule has 1 spiro atoms. The molecule has 0 aliphatic carbocycles. The maximum Gasteiger partial charge on any atom is 0.229 e. The number of piperidine rings is 1. The summed E-state index contributed by atoms with van der Waals surface area (Å²) in [5, 5.41) is 6.81. The van der Waals surface area contributed by atoms with Crippen molar-refractivity contribution < 1.29 is 4.79 Å². The van der Waals surface area contributed by atoms with Crippen LogP contribution in [0.1, 0.15) is 32.6 Å². The fraction of sp³-hybridized carbons (Fsp3) is 0.929. The minimum absolute atomic E-state index is 0.148. The van der Waals surface area contributed by atoms with E-state index in [2.05, 4.69) is 22.5 Å². The number of hydrogen-bond acceptors (Lipinski definition) is 3. The van der Waals surface area contributed by atoms with Crippen molar-refractivity contribution in [1.29, 1.82) is 0 Å². The molecule has 0 aromatic carbocycles. The highest BCUT2D eigenvalue weighted by atomic mass is 16.2. The van der Waals surface area contributed by atoms with Gasteiger partial charge in [-0.3, -0.25) is 4.79 Å². The van der Waals surface area contributed by atoms with Crippen LogP contribution in [0.15, 0.2) is 0 Å². The molecule has 3 fully saturated rings. The minimum Gasteiger partial charge on any atom is -0.342 e. The Labute approximate surface area is 109 Å². The fourth-order valence-electron chi connectivity index (χ4n) is 3.91. The lowest BCUT2D eigenvalue weighted by Crippen LogP contribution is -2.52. The second-order valence-electron chi connectivity index (χ2n) is 6.74. The summed E-state index contributed by atoms with van der Waals surface area (Å²) in [5.41, 5.74) is 0.237. The zero-order chi connectivity index (χ0) is 12.6. The van der Waals surface area contributed by atoms with Gasteiger partial charge >= 0.3 is 0 Å². The van der Waals surface area contributed by atoms with Crippen LogP contribution < -0.4 is 10.6 Å². The Balaban J connectivity index is 1.70. The minimum atomic E-state index is -0.148. The van der Waals surface area contributed by atoms with Crippen molar-refractivity contribution in [2.75, 3.05) is 39.3 Å². The van der Waals surface area contributed by atoms with Crippen LogP contribution in [0.4, 0.5) is 0 Å². The average Bonchev–Trinajstić information content (AvgIpc) is 2.99. The highest BCUT2D eigenvalue weighted by Crippen LogP contribution is 2.37. The van der Waals surface area contributed by atoms with Gasteiger partial charge in [-0.15, -0.1) is 0 Å². The van der Waals surface area contributed by atoms with Crippen LogP contribution in [0.3, 0.4) is 0 Å². The molecule has 0 saturated carbocycles. The number of carbonyl (C=O) groups excluding carboxylic acids is 1. The maximum atomic E-state index is 12.7. The van der Waals surface area contributed by atoms with Crippen molar-refractivity contribution in [3.05, 3.63) is 0 Å². The van der Waals surface area contributed by atoms with Gasteiger partial charge in [0.2, 0.25) is 5.91 Å². The number of hydrogen-bond donors (Lipinski definition) is 2. The summed E-state index contributed by atoms with van der Waals surface area (Å²) in [6, 6.07) is 0. The summed E-state index contributed by atoms with van der Waals surface area (Å²) in [7, 11) is 0. The third kappa shape index (κ3) is 2.05. The van der Waals surface area contributed by atoms with Crippen LogP contribution in [0.2, 0.25) is 0 Å². The van der Waals surface area contributed by atoms with Crippen LogP contribution in [-0.4, -0.2) is 50.1 Å². The summed E-state index contributed by atoms with van der Waals surface area (Å²) in [6.07, 6.45) is 4.70. The predicted molar refractivity (Wildman–Crippen MR) is 71.3 cm³/mol. The van der Waals surface area contributed by atoms with Crippen molar-refractivity contribution in [2.45, 2.75) is 32.6 Å². The van der Waals surface area contributed by atoms with E-state index in [1.165, 1.54) is 19.3 Å². The lowest BCUT2D eigenvalue weighted by Gasteiger charge is -2.42. The smallest absolute Gasteiger partial charge is 0.229 e. The van der Waals surface area contributed by atoms with E-state index in [-0.39, 0.29) is 5.41 Å². The Morgan fingerprint density at radius 1 is 1.11 bits per heavy atom. The van der Waals surface area contributed by atoms with Crippen molar-refractivity contribution >= 4 is 5.91 Å². The second kappa shape index (κ2) is 4.49. The Morgan fingerprint density at radius 2 is 1.89 bits per heavy atom. The molecule has 3 aliphatic heterocycles. The van der Waals surface area contributed by atoms with Crippen LogP contribution in [0, 0.1) is 10.8 Å². The van der Waals surface area contributed by atoms with Gasteiger partial charge in [0.1, 0.15) is 0 Å². The molecule has 0 aromatic heterocycles. The first kappa shape index (κ1) is 12.4. The van der Waals surface area contributed by atoms with Crippen LogP contribution in [-0.2, 0) is 4.79 Å². The summed E-state index contributed by atoms with van der Waals surface area (Å²) in [4.78, 5) is 14.9. The van der Waals surface area contributed by atoms with Crippen LogP contribution in [0.25, 0.3) is 0 Å². The number of amides is 1. The molecule has 18 heavy (non-hydrogen) atoms. The van der Waals surface area contributed by atoms with E-state index in [1.807, 2.05) is 0 Å². The van der Waals surface area contributed by atoms with E-state index in [0.717, 1.165) is 45.7 Å². The molecule has 0 bridgehead atoms. The van der Waals surface area contributed by atoms with Crippen molar-refractivity contribution in [2.24, 2.45) is 10.8 Å². The molecule has 102 valence electrons. The van der Waals surface area contributed by atoms with E-state index in [0.29, 0.717) is 11.3 Å². The van der Waals surface area contributed by atoms with Crippen molar-refractivity contribution in [1.82, 2.24) is 15.5 Å². The number of nitrogens with zero attached hydrogens (tertiary/aromatic N) is 1. The molecule has 0 aromatic rings. The summed E-state index contributed by atoms with van der Waals surface area (Å²) in [6.45, 7) is 8.15. The van der Waals surface area contributed by atoms with Gasteiger partial charge in [-0.1, -0.05) is 0 Å². The monoisotopic (exact) mass is 251 g/mol. The van der Waals surface area contributed by atoms with Gasteiger partial charge in [0.25, 0.3) is 0 Å². The molecule has 2 atom stereocenters. The van der Waals surface area contributed by atoms with Gasteiger partial charge < -0.3 is 15.5 Å². The van der Waals surface area contributed by atoms with Gasteiger partial charge in [-0.05, 0) is 45.7 Å². The third-order valence-electron chi connectivity index (χ3n) is 5.17. The first-order chi connectivity index (χ1) is 8.64. The fourth-order valence-corrected chi connectivity index (χ4v) is 3.91. The predicted octanol–water partition coefficient (Wildman–Crippen LogP) is 0.588. The van der Waals surface area contributed by atoms with Crippen LogP contribution >= 0.6 is 0 Å². The van der Waals surface area contributed by atoms with Gasteiger partial charge in [-0.25, -0.2) is 0 Å². The molecule has 2 unspecified atom stereocenters. The molecular formula is C14H25N3O. The molecular weight excluding hydrogens is 226 g/mol. The van der Waals surface area contributed by atoms with E-state index >= 15 is 0 Å². The standard InChI is InChI=1S/C14H25N3O/c1-13(4-6-15-9-13)12(18)17-8-2-3-14(11-17)5-7-16-10-14/h15-16H,2-11H2,1H3. The molecule has 0 radical (unpaired) electrons. The van der Waals surface area contributed by atoms with Crippen molar-refractivity contribution in [3.8, 4) is 0 Å². The maximum absolute atomic E-state index is 12.7. The Morgan fingerprint density at radius 3 is 2.56 bits per heavy atom. The summed E-state index contributed by atoms with van der Waals surface area (Å²) < 4.78 is 0. The lowest BCUT2D eigenvalue weighted by molar-refractivity contribution is -0.143. The van der Waals surface area contributed by atoms with E-state index < -0.39 is 0 Å². The molecule has 3 heterocycles. The highest BCUT2D eigenvalue weighted by molar-refractivity contribution is 5.83. The zero-order valence-corrected chi connectivity index (χ0v) is 11.4. The highest BCUT2D eigenvalue weighted by Gasteiger charge is 2.44. The number of likely N-dealkylation sites (tertiary alicyclic amines) is 1. The third-order valence-corrected chi connectivity index (χ3v) is 5.17. The zero-order valence-electron chi connectivity index (χ0n) is 11.4. The summed E-state index contributed by atoms with van der Waals surface area (Å²) in [5.74, 6) is 0.387. The largest absolute Gasteiger partial charge is 0.342 e. The topological polar surface area (TPSA) is 44.4 Å². The molecule has 3 saturated heterocycles. The Bertz CT molecular complexity index is 330. The van der Waals surface area contributed by atoms with Gasteiger partial charge in [0.05, 0.1) is 5.41 Å². The van der Waals surface area contributed by atoms with Crippen LogP contribution in [0.5, 0.6) is 0 Å². The number of carbonyl (C=O) groups is 1. The molecule has 3 aliphatic rings. The SMILES string of the molecule is CC1(C(=O)N2CCCC3(CCNC3)C2)CCNC1. The van der Waals surface area contributed by atoms with Crippen molar-refractivity contribution in [3.63, 3.8) is 0 Å². The van der Waals surface area contributed by atoms with E-state index in [9.17, 15) is 4.79 Å². The van der Waals surface area contributed by atoms with Gasteiger partial charge in [-0.2, -0.15) is 0 Å². The molecule has 2 N–H and O–H groups in total. The van der Waals surface area contributed by atoms with E-state index in [1.54, 1.807) is 0 Å². The second-order valence-corrected chi connectivity index (χ2v) is 6.74. The summed E-state index contributed by atoms with van der Waals surface area (Å²) >= 11 is 0. The van der Waals surface area contributed by atoms with E-state index in [4.69, 9.17) is 0 Å². The van der Waals surface area contributed by atoms with Gasteiger partial charge in [0, 0.05) is 31.6 Å². The van der Waals surface area contributed by atoms with Gasteiger partial charge in [0.15, 0.2) is 0 Å². The lowest BCUT2D eigenvalue weighted by atomic mass is 9.78. The number of rotatable bonds is 1. The molecule has 3 rings (SSSR count).